The number of aromatic carboxylic acids is 1. The van der Waals surface area contributed by atoms with Crippen molar-refractivity contribution in [3.63, 3.8) is 0 Å². The second-order valence-electron chi connectivity index (χ2n) is 8.78. The van der Waals surface area contributed by atoms with Gasteiger partial charge in [0.15, 0.2) is 0 Å². The highest BCUT2D eigenvalue weighted by atomic mass is 16.5. The summed E-state index contributed by atoms with van der Waals surface area (Å²) in [5.74, 6) is -0.558. The molecular formula is C27H36N2O4. The van der Waals surface area contributed by atoms with Crippen LogP contribution in [0.25, 0.3) is 0 Å². The molecule has 0 spiro atoms. The van der Waals surface area contributed by atoms with Gasteiger partial charge in [0.1, 0.15) is 11.3 Å². The molecule has 178 valence electrons. The SMILES string of the molecule is CCOc1cc(CC(=O)N[C@H](c2ccccc2N2CCCCC2)C(C)CC)ccc1C(=O)O. The van der Waals surface area contributed by atoms with E-state index in [1.54, 1.807) is 12.1 Å². The Bertz CT molecular complexity index is 953. The summed E-state index contributed by atoms with van der Waals surface area (Å²) in [4.78, 5) is 27.0. The maximum atomic E-state index is 13.1. The molecule has 0 bridgehead atoms. The van der Waals surface area contributed by atoms with Gasteiger partial charge in [-0.1, -0.05) is 44.5 Å². The number of ether oxygens (including phenoxy) is 1. The van der Waals surface area contributed by atoms with Crippen LogP contribution in [0, 0.1) is 5.92 Å². The third kappa shape index (κ3) is 6.28. The smallest absolute Gasteiger partial charge is 0.339 e. The number of amides is 1. The summed E-state index contributed by atoms with van der Waals surface area (Å²) in [6, 6.07) is 13.2. The van der Waals surface area contributed by atoms with Crippen molar-refractivity contribution < 1.29 is 19.4 Å². The molecule has 1 saturated heterocycles. The molecule has 2 atom stereocenters. The molecule has 1 aliphatic heterocycles. The van der Waals surface area contributed by atoms with Crippen LogP contribution in [0.15, 0.2) is 42.5 Å². The molecule has 3 rings (SSSR count). The minimum Gasteiger partial charge on any atom is -0.493 e. The predicted molar refractivity (Wildman–Crippen MR) is 131 cm³/mol. The number of rotatable bonds is 10. The van der Waals surface area contributed by atoms with E-state index in [-0.39, 0.29) is 29.9 Å². The van der Waals surface area contributed by atoms with Crippen LogP contribution in [0.3, 0.4) is 0 Å². The Balaban J connectivity index is 1.81. The van der Waals surface area contributed by atoms with Crippen molar-refractivity contribution in [2.24, 2.45) is 5.92 Å². The molecule has 1 amide bonds. The fraction of sp³-hybridized carbons (Fsp3) is 0.481. The highest BCUT2D eigenvalue weighted by Gasteiger charge is 2.25. The summed E-state index contributed by atoms with van der Waals surface area (Å²) in [6.45, 7) is 8.59. The van der Waals surface area contributed by atoms with E-state index in [9.17, 15) is 14.7 Å². The summed E-state index contributed by atoms with van der Waals surface area (Å²) in [6.07, 6.45) is 4.78. The van der Waals surface area contributed by atoms with Crippen molar-refractivity contribution in [3.8, 4) is 5.75 Å². The highest BCUT2D eigenvalue weighted by Crippen LogP contribution is 2.34. The first-order chi connectivity index (χ1) is 15.9. The minimum absolute atomic E-state index is 0.0840. The Morgan fingerprint density at radius 1 is 1.09 bits per heavy atom. The van der Waals surface area contributed by atoms with E-state index in [1.165, 1.54) is 36.6 Å². The van der Waals surface area contributed by atoms with Gasteiger partial charge in [0.25, 0.3) is 0 Å². The first kappa shape index (κ1) is 24.6. The van der Waals surface area contributed by atoms with Crippen LogP contribution in [-0.2, 0) is 11.2 Å². The molecule has 0 radical (unpaired) electrons. The third-order valence-corrected chi connectivity index (χ3v) is 6.44. The quantitative estimate of drug-likeness (QED) is 0.517. The molecule has 2 aromatic rings. The number of piperidine rings is 1. The van der Waals surface area contributed by atoms with Crippen molar-refractivity contribution in [2.45, 2.75) is 58.9 Å². The summed E-state index contributed by atoms with van der Waals surface area (Å²) in [5, 5.41) is 12.6. The molecule has 1 aliphatic rings. The number of nitrogens with zero attached hydrogens (tertiary/aromatic N) is 1. The number of carbonyl (C=O) groups is 2. The van der Waals surface area contributed by atoms with Crippen LogP contribution in [0.4, 0.5) is 5.69 Å². The van der Waals surface area contributed by atoms with Crippen molar-refractivity contribution >= 4 is 17.6 Å². The molecule has 2 N–H and O–H groups in total. The largest absolute Gasteiger partial charge is 0.493 e. The number of para-hydroxylation sites is 1. The monoisotopic (exact) mass is 452 g/mol. The van der Waals surface area contributed by atoms with E-state index in [0.717, 1.165) is 25.1 Å². The summed E-state index contributed by atoms with van der Waals surface area (Å²) in [7, 11) is 0. The lowest BCUT2D eigenvalue weighted by Gasteiger charge is -2.34. The van der Waals surface area contributed by atoms with Crippen LogP contribution in [0.5, 0.6) is 5.75 Å². The van der Waals surface area contributed by atoms with Gasteiger partial charge in [0, 0.05) is 18.8 Å². The lowest BCUT2D eigenvalue weighted by Crippen LogP contribution is -2.36. The molecule has 1 heterocycles. The number of hydrogen-bond donors (Lipinski definition) is 2. The van der Waals surface area contributed by atoms with Crippen molar-refractivity contribution in [1.82, 2.24) is 5.32 Å². The maximum absolute atomic E-state index is 13.1. The van der Waals surface area contributed by atoms with E-state index < -0.39 is 5.97 Å². The maximum Gasteiger partial charge on any atom is 0.339 e. The predicted octanol–water partition coefficient (Wildman–Crippen LogP) is 5.22. The van der Waals surface area contributed by atoms with Crippen LogP contribution < -0.4 is 15.0 Å². The lowest BCUT2D eigenvalue weighted by atomic mass is 9.90. The number of nitrogens with one attached hydrogen (secondary N) is 1. The van der Waals surface area contributed by atoms with Crippen molar-refractivity contribution in [3.05, 3.63) is 59.2 Å². The van der Waals surface area contributed by atoms with E-state index >= 15 is 0 Å². The zero-order chi connectivity index (χ0) is 23.8. The molecule has 1 fully saturated rings. The lowest BCUT2D eigenvalue weighted by molar-refractivity contribution is -0.121. The average molecular weight is 453 g/mol. The van der Waals surface area contributed by atoms with E-state index in [2.05, 4.69) is 42.3 Å². The van der Waals surface area contributed by atoms with Crippen LogP contribution >= 0.6 is 0 Å². The van der Waals surface area contributed by atoms with E-state index in [1.807, 2.05) is 13.0 Å². The molecule has 2 aromatic carbocycles. The van der Waals surface area contributed by atoms with Gasteiger partial charge in [-0.25, -0.2) is 4.79 Å². The standard InChI is InChI=1S/C27H36N2O4/c1-4-19(3)26(21-11-7-8-12-23(21)29-15-9-6-10-16-29)28-25(30)18-20-13-14-22(27(31)32)24(17-20)33-5-2/h7-8,11-14,17,19,26H,4-6,9-10,15-16,18H2,1-3H3,(H,28,30)(H,31,32)/t19?,26-/m0/s1. The third-order valence-electron chi connectivity index (χ3n) is 6.44. The average Bonchev–Trinajstić information content (AvgIpc) is 2.83. The van der Waals surface area contributed by atoms with Gasteiger partial charge in [-0.05, 0) is 61.4 Å². The van der Waals surface area contributed by atoms with E-state index in [0.29, 0.717) is 12.4 Å². The Hall–Kier alpha value is -3.02. The topological polar surface area (TPSA) is 78.9 Å². The minimum atomic E-state index is -1.04. The molecule has 0 saturated carbocycles. The zero-order valence-electron chi connectivity index (χ0n) is 20.0. The highest BCUT2D eigenvalue weighted by molar-refractivity contribution is 5.91. The van der Waals surface area contributed by atoms with Crippen molar-refractivity contribution in [2.75, 3.05) is 24.6 Å². The number of carbonyl (C=O) groups excluding carboxylic acids is 1. The fourth-order valence-electron chi connectivity index (χ4n) is 4.47. The van der Waals surface area contributed by atoms with Crippen molar-refractivity contribution in [1.29, 1.82) is 0 Å². The Kier molecular flexibility index (Phi) is 8.75. The molecular weight excluding hydrogens is 416 g/mol. The van der Waals surface area contributed by atoms with E-state index in [4.69, 9.17) is 4.74 Å². The Morgan fingerprint density at radius 2 is 1.82 bits per heavy atom. The zero-order valence-corrected chi connectivity index (χ0v) is 20.0. The van der Waals surface area contributed by atoms with Crippen LogP contribution in [-0.4, -0.2) is 36.7 Å². The molecule has 1 unspecified atom stereocenters. The molecule has 6 nitrogen and oxygen atoms in total. The van der Waals surface area contributed by atoms with Gasteiger partial charge >= 0.3 is 5.97 Å². The van der Waals surface area contributed by atoms with Gasteiger partial charge in [0.05, 0.1) is 19.1 Å². The van der Waals surface area contributed by atoms with Gasteiger partial charge < -0.3 is 20.1 Å². The second-order valence-corrected chi connectivity index (χ2v) is 8.78. The first-order valence-electron chi connectivity index (χ1n) is 12.1. The Labute approximate surface area is 196 Å². The summed E-state index contributed by atoms with van der Waals surface area (Å²) >= 11 is 0. The number of anilines is 1. The molecule has 33 heavy (non-hydrogen) atoms. The van der Waals surface area contributed by atoms with Gasteiger partial charge in [-0.2, -0.15) is 0 Å². The van der Waals surface area contributed by atoms with Gasteiger partial charge in [-0.3, -0.25) is 4.79 Å². The normalized spacial score (nSPS) is 15.5. The summed E-state index contributed by atoms with van der Waals surface area (Å²) in [5.41, 5.74) is 3.22. The van der Waals surface area contributed by atoms with Gasteiger partial charge in [0.2, 0.25) is 5.91 Å². The molecule has 0 aromatic heterocycles. The number of carboxylic acid groups (broad SMARTS) is 1. The number of benzene rings is 2. The summed E-state index contributed by atoms with van der Waals surface area (Å²) < 4.78 is 5.49. The second kappa shape index (κ2) is 11.7. The first-order valence-corrected chi connectivity index (χ1v) is 12.1. The Morgan fingerprint density at radius 3 is 2.48 bits per heavy atom. The number of hydrogen-bond acceptors (Lipinski definition) is 4. The van der Waals surface area contributed by atoms with Crippen LogP contribution in [0.2, 0.25) is 0 Å². The van der Waals surface area contributed by atoms with Crippen LogP contribution in [0.1, 0.15) is 74.0 Å². The number of carboxylic acids is 1. The molecule has 0 aliphatic carbocycles. The fourth-order valence-corrected chi connectivity index (χ4v) is 4.47. The molecule has 6 heteroatoms. The van der Waals surface area contributed by atoms with Gasteiger partial charge in [-0.15, -0.1) is 0 Å².